The molecule has 1 aromatic heterocycles. The molecular formula is C23H31N5O2S. The number of aromatic nitrogens is 3. The maximum Gasteiger partial charge on any atom is 0.231 e. The second-order valence-corrected chi connectivity index (χ2v) is 9.56. The highest BCUT2D eigenvalue weighted by Crippen LogP contribution is 2.39. The number of carbonyl (C=O) groups excluding carboxylic acids is 1. The molecule has 1 unspecified atom stereocenters. The van der Waals surface area contributed by atoms with Crippen molar-refractivity contribution in [3.63, 3.8) is 0 Å². The van der Waals surface area contributed by atoms with Crippen LogP contribution in [0.1, 0.15) is 51.9 Å². The van der Waals surface area contributed by atoms with E-state index in [1.165, 1.54) is 17.3 Å². The summed E-state index contributed by atoms with van der Waals surface area (Å²) in [6, 6.07) is 10.3. The summed E-state index contributed by atoms with van der Waals surface area (Å²) < 4.78 is 7.94. The van der Waals surface area contributed by atoms with Crippen molar-refractivity contribution in [3.05, 3.63) is 35.7 Å². The van der Waals surface area contributed by atoms with E-state index in [2.05, 4.69) is 54.5 Å². The molecule has 1 heterocycles. The molecule has 1 aromatic carbocycles. The van der Waals surface area contributed by atoms with Crippen molar-refractivity contribution in [3.8, 4) is 11.8 Å². The van der Waals surface area contributed by atoms with E-state index in [0.29, 0.717) is 17.7 Å². The van der Waals surface area contributed by atoms with Crippen molar-refractivity contribution in [2.75, 3.05) is 5.75 Å². The summed E-state index contributed by atoms with van der Waals surface area (Å²) >= 11 is 1.34. The number of hydrogen-bond acceptors (Lipinski definition) is 6. The molecule has 1 aliphatic rings. The zero-order valence-electron chi connectivity index (χ0n) is 18.7. The highest BCUT2D eigenvalue weighted by molar-refractivity contribution is 7.99. The van der Waals surface area contributed by atoms with Gasteiger partial charge < -0.3 is 14.6 Å². The monoisotopic (exact) mass is 441 g/mol. The molecule has 1 N–H and O–H groups in total. The van der Waals surface area contributed by atoms with Crippen molar-refractivity contribution < 1.29 is 9.53 Å². The van der Waals surface area contributed by atoms with Gasteiger partial charge in [-0.3, -0.25) is 4.79 Å². The lowest BCUT2D eigenvalue weighted by Gasteiger charge is -2.22. The lowest BCUT2D eigenvalue weighted by molar-refractivity contribution is -0.119. The summed E-state index contributed by atoms with van der Waals surface area (Å²) in [7, 11) is 0. The molecule has 2 aromatic rings. The number of hydrogen-bond donors (Lipinski definition) is 1. The molecule has 8 heteroatoms. The Hall–Kier alpha value is -2.53. The van der Waals surface area contributed by atoms with E-state index in [4.69, 9.17) is 4.74 Å². The van der Waals surface area contributed by atoms with Gasteiger partial charge in [0.15, 0.2) is 11.0 Å². The van der Waals surface area contributed by atoms with Crippen LogP contribution in [0.4, 0.5) is 0 Å². The smallest absolute Gasteiger partial charge is 0.231 e. The van der Waals surface area contributed by atoms with Crippen LogP contribution in [0.3, 0.4) is 0 Å². The Morgan fingerprint density at radius 3 is 2.65 bits per heavy atom. The van der Waals surface area contributed by atoms with E-state index < -0.39 is 5.54 Å². The molecule has 166 valence electrons. The normalized spacial score (nSPS) is 15.4. The van der Waals surface area contributed by atoms with Crippen LogP contribution in [0.2, 0.25) is 0 Å². The van der Waals surface area contributed by atoms with Crippen LogP contribution in [0.25, 0.3) is 0 Å². The number of nitriles is 1. The highest BCUT2D eigenvalue weighted by Gasteiger charge is 2.43. The van der Waals surface area contributed by atoms with Crippen LogP contribution in [-0.2, 0) is 24.4 Å². The number of amides is 1. The van der Waals surface area contributed by atoms with E-state index in [-0.39, 0.29) is 17.6 Å². The molecule has 1 aliphatic carbocycles. The Morgan fingerprint density at radius 2 is 2.06 bits per heavy atom. The average Bonchev–Trinajstić information content (AvgIpc) is 3.55. The van der Waals surface area contributed by atoms with E-state index in [0.717, 1.165) is 37.4 Å². The van der Waals surface area contributed by atoms with Gasteiger partial charge in [0.2, 0.25) is 5.91 Å². The Balaban J connectivity index is 1.62. The molecule has 0 radical (unpaired) electrons. The summed E-state index contributed by atoms with van der Waals surface area (Å²) in [5, 5.41) is 21.6. The van der Waals surface area contributed by atoms with E-state index in [9.17, 15) is 10.1 Å². The Bertz CT molecular complexity index is 930. The van der Waals surface area contributed by atoms with Crippen LogP contribution >= 0.6 is 11.8 Å². The third kappa shape index (κ3) is 6.23. The summed E-state index contributed by atoms with van der Waals surface area (Å²) in [6.07, 6.45) is 2.97. The first kappa shape index (κ1) is 23.1. The van der Waals surface area contributed by atoms with Crippen molar-refractivity contribution >= 4 is 17.7 Å². The fourth-order valence-corrected chi connectivity index (χ4v) is 4.15. The maximum atomic E-state index is 12.5. The lowest BCUT2D eigenvalue weighted by Crippen LogP contribution is -2.47. The minimum Gasteiger partial charge on any atom is -0.486 e. The van der Waals surface area contributed by atoms with Gasteiger partial charge in [0.25, 0.3) is 0 Å². The van der Waals surface area contributed by atoms with E-state index in [1.807, 2.05) is 16.7 Å². The van der Waals surface area contributed by atoms with Gasteiger partial charge in [-0.2, -0.15) is 5.26 Å². The third-order valence-corrected chi connectivity index (χ3v) is 6.37. The van der Waals surface area contributed by atoms with Gasteiger partial charge in [-0.05, 0) is 55.7 Å². The molecule has 1 atom stereocenters. The first-order valence-corrected chi connectivity index (χ1v) is 11.8. The molecule has 1 fully saturated rings. The minimum absolute atomic E-state index is 0.158. The summed E-state index contributed by atoms with van der Waals surface area (Å²) in [5.74, 6) is 2.21. The molecule has 7 nitrogen and oxygen atoms in total. The van der Waals surface area contributed by atoms with Crippen LogP contribution in [0.5, 0.6) is 5.75 Å². The molecule has 0 saturated heterocycles. The van der Waals surface area contributed by atoms with Crippen LogP contribution in [-0.4, -0.2) is 32.0 Å². The Kier molecular flexibility index (Phi) is 7.60. The van der Waals surface area contributed by atoms with Crippen LogP contribution in [0, 0.1) is 23.2 Å². The van der Waals surface area contributed by atoms with Crippen LogP contribution in [0.15, 0.2) is 29.4 Å². The second kappa shape index (κ2) is 10.2. The Morgan fingerprint density at radius 1 is 1.35 bits per heavy atom. The highest BCUT2D eigenvalue weighted by atomic mass is 32.2. The number of thioether (sulfide) groups is 1. The second-order valence-electron chi connectivity index (χ2n) is 8.61. The van der Waals surface area contributed by atoms with E-state index >= 15 is 0 Å². The molecule has 3 rings (SSSR count). The predicted octanol–water partition coefficient (Wildman–Crippen LogP) is 3.98. The first-order valence-electron chi connectivity index (χ1n) is 10.8. The molecule has 0 spiro atoms. The van der Waals surface area contributed by atoms with Crippen LogP contribution < -0.4 is 10.1 Å². The van der Waals surface area contributed by atoms with E-state index in [1.54, 1.807) is 6.92 Å². The summed E-state index contributed by atoms with van der Waals surface area (Å²) in [5.41, 5.74) is 0.483. The van der Waals surface area contributed by atoms with Gasteiger partial charge >= 0.3 is 0 Å². The van der Waals surface area contributed by atoms with Gasteiger partial charge in [-0.1, -0.05) is 44.7 Å². The number of nitrogens with zero attached hydrogens (tertiary/aromatic N) is 4. The maximum absolute atomic E-state index is 12.5. The summed E-state index contributed by atoms with van der Waals surface area (Å²) in [4.78, 5) is 12.5. The molecule has 0 bridgehead atoms. The van der Waals surface area contributed by atoms with Crippen molar-refractivity contribution in [1.29, 1.82) is 5.26 Å². The third-order valence-electron chi connectivity index (χ3n) is 5.40. The number of rotatable bonds is 11. The molecular weight excluding hydrogens is 410 g/mol. The molecule has 1 saturated carbocycles. The topological polar surface area (TPSA) is 92.8 Å². The van der Waals surface area contributed by atoms with Gasteiger partial charge in [-0.15, -0.1) is 10.2 Å². The summed E-state index contributed by atoms with van der Waals surface area (Å²) in [6.45, 7) is 9.23. The standard InChI is InChI=1S/C23H31N5O2S/c1-5-17-6-10-19(11-7-17)30-13-20-26-27-22(28(20)12-16(2)3)31-14-21(29)25-23(4,15-24)18-8-9-18/h6-7,10-11,16,18H,5,8-9,12-14H2,1-4H3,(H,25,29). The lowest BCUT2D eigenvalue weighted by atomic mass is 9.98. The zero-order valence-corrected chi connectivity index (χ0v) is 19.5. The van der Waals surface area contributed by atoms with Gasteiger partial charge in [0, 0.05) is 6.54 Å². The Labute approximate surface area is 188 Å². The SMILES string of the molecule is CCc1ccc(OCc2nnc(SCC(=O)NC(C)(C#N)C3CC3)n2CC(C)C)cc1. The van der Waals surface area contributed by atoms with Gasteiger partial charge in [-0.25, -0.2) is 0 Å². The fraction of sp³-hybridized carbons (Fsp3) is 0.565. The molecule has 31 heavy (non-hydrogen) atoms. The fourth-order valence-electron chi connectivity index (χ4n) is 3.39. The number of aryl methyl sites for hydroxylation is 1. The minimum atomic E-state index is -0.782. The van der Waals surface area contributed by atoms with Gasteiger partial charge in [0.05, 0.1) is 11.8 Å². The number of ether oxygens (including phenoxy) is 1. The largest absolute Gasteiger partial charge is 0.486 e. The zero-order chi connectivity index (χ0) is 22.4. The number of carbonyl (C=O) groups is 1. The number of nitrogens with one attached hydrogen (secondary N) is 1. The first-order chi connectivity index (χ1) is 14.8. The average molecular weight is 442 g/mol. The number of benzene rings is 1. The molecule has 0 aliphatic heterocycles. The van der Waals surface area contributed by atoms with Crippen molar-refractivity contribution in [2.45, 2.75) is 70.8 Å². The van der Waals surface area contributed by atoms with Crippen molar-refractivity contribution in [1.82, 2.24) is 20.1 Å². The quantitative estimate of drug-likeness (QED) is 0.530. The molecule has 1 amide bonds. The predicted molar refractivity (Wildman–Crippen MR) is 121 cm³/mol. The van der Waals surface area contributed by atoms with Crippen molar-refractivity contribution in [2.24, 2.45) is 11.8 Å². The van der Waals surface area contributed by atoms with Gasteiger partial charge in [0.1, 0.15) is 17.9 Å².